The van der Waals surface area contributed by atoms with Crippen molar-refractivity contribution >= 4 is 5.96 Å². The maximum absolute atomic E-state index is 4.26. The lowest BCUT2D eigenvalue weighted by molar-refractivity contribution is 0.757. The lowest BCUT2D eigenvalue weighted by Gasteiger charge is -2.12. The number of nitrogens with one attached hydrogen (secondary N) is 2. The molecule has 3 nitrogen and oxygen atoms in total. The minimum atomic E-state index is 0.618. The molecule has 0 radical (unpaired) electrons. The molecule has 0 aliphatic heterocycles. The average Bonchev–Trinajstić information content (AvgIpc) is 3.06. The van der Waals surface area contributed by atoms with Crippen LogP contribution < -0.4 is 10.6 Å². The summed E-state index contributed by atoms with van der Waals surface area (Å²) in [4.78, 5) is 4.26. The predicted molar refractivity (Wildman–Crippen MR) is 81.7 cm³/mol. The Bertz CT molecular complexity index is 465. The van der Waals surface area contributed by atoms with E-state index >= 15 is 0 Å². The van der Waals surface area contributed by atoms with Crippen LogP contribution in [-0.4, -0.2) is 25.6 Å². The summed E-state index contributed by atoms with van der Waals surface area (Å²) in [5.74, 6) is 1.72. The Hall–Kier alpha value is -1.51. The van der Waals surface area contributed by atoms with Crippen molar-refractivity contribution in [1.82, 2.24) is 10.6 Å². The number of aryl methyl sites for hydroxylation is 2. The van der Waals surface area contributed by atoms with E-state index in [1.807, 2.05) is 7.05 Å². The summed E-state index contributed by atoms with van der Waals surface area (Å²) in [6.07, 6.45) is 2.30. The van der Waals surface area contributed by atoms with Crippen LogP contribution in [0, 0.1) is 19.8 Å². The largest absolute Gasteiger partial charge is 0.356 e. The maximum atomic E-state index is 4.26. The van der Waals surface area contributed by atoms with Gasteiger partial charge in [0.05, 0.1) is 0 Å². The van der Waals surface area contributed by atoms with Crippen molar-refractivity contribution in [1.29, 1.82) is 0 Å². The number of guanidine groups is 1. The minimum absolute atomic E-state index is 0.618. The van der Waals surface area contributed by atoms with Gasteiger partial charge >= 0.3 is 0 Å². The molecule has 3 heteroatoms. The Labute approximate surface area is 116 Å². The summed E-state index contributed by atoms with van der Waals surface area (Å²) >= 11 is 0. The molecule has 2 rings (SSSR count). The quantitative estimate of drug-likeness (QED) is 0.643. The second-order valence-corrected chi connectivity index (χ2v) is 5.64. The van der Waals surface area contributed by atoms with E-state index in [2.05, 4.69) is 54.6 Å². The van der Waals surface area contributed by atoms with E-state index < -0.39 is 0 Å². The van der Waals surface area contributed by atoms with E-state index in [1.165, 1.54) is 23.1 Å². The zero-order valence-corrected chi connectivity index (χ0v) is 12.5. The zero-order valence-electron chi connectivity index (χ0n) is 12.5. The van der Waals surface area contributed by atoms with Crippen LogP contribution >= 0.6 is 0 Å². The fraction of sp³-hybridized carbons (Fsp3) is 0.562. The molecule has 19 heavy (non-hydrogen) atoms. The van der Waals surface area contributed by atoms with Crippen molar-refractivity contribution in [2.45, 2.75) is 39.7 Å². The van der Waals surface area contributed by atoms with Crippen LogP contribution in [0.4, 0.5) is 0 Å². The van der Waals surface area contributed by atoms with Crippen LogP contribution in [0.15, 0.2) is 23.2 Å². The molecule has 1 aromatic carbocycles. The van der Waals surface area contributed by atoms with Crippen LogP contribution in [0.5, 0.6) is 0 Å². The Kier molecular flexibility index (Phi) is 4.46. The van der Waals surface area contributed by atoms with Crippen molar-refractivity contribution in [2.24, 2.45) is 10.9 Å². The monoisotopic (exact) mass is 259 g/mol. The summed E-state index contributed by atoms with van der Waals surface area (Å²) in [6, 6.07) is 7.27. The smallest absolute Gasteiger partial charge is 0.191 e. The number of rotatable bonds is 4. The Balaban J connectivity index is 1.78. The third-order valence-corrected chi connectivity index (χ3v) is 3.84. The summed E-state index contributed by atoms with van der Waals surface area (Å²) in [6.45, 7) is 7.50. The van der Waals surface area contributed by atoms with Gasteiger partial charge in [0.15, 0.2) is 5.96 Å². The Morgan fingerprint density at radius 2 is 2.11 bits per heavy atom. The van der Waals surface area contributed by atoms with Gasteiger partial charge in [0.25, 0.3) is 0 Å². The summed E-state index contributed by atoms with van der Waals surface area (Å²) in [5.41, 5.74) is 4.11. The minimum Gasteiger partial charge on any atom is -0.356 e. The second kappa shape index (κ2) is 6.09. The molecule has 1 saturated carbocycles. The maximum Gasteiger partial charge on any atom is 0.191 e. The molecule has 1 aliphatic rings. The molecule has 0 amide bonds. The molecule has 0 bridgehead atoms. The van der Waals surface area contributed by atoms with Gasteiger partial charge in [-0.2, -0.15) is 0 Å². The fourth-order valence-corrected chi connectivity index (χ4v) is 2.34. The summed E-state index contributed by atoms with van der Waals surface area (Å²) in [7, 11) is 1.83. The summed E-state index contributed by atoms with van der Waals surface area (Å²) in [5, 5.41) is 6.83. The molecule has 1 fully saturated rings. The third-order valence-electron chi connectivity index (χ3n) is 3.84. The molecule has 104 valence electrons. The highest BCUT2D eigenvalue weighted by Crippen LogP contribution is 2.28. The topological polar surface area (TPSA) is 36.4 Å². The highest BCUT2D eigenvalue weighted by molar-refractivity contribution is 5.80. The fourth-order valence-electron chi connectivity index (χ4n) is 2.34. The van der Waals surface area contributed by atoms with Gasteiger partial charge in [0.2, 0.25) is 0 Å². The van der Waals surface area contributed by atoms with Gasteiger partial charge < -0.3 is 10.6 Å². The molecule has 0 saturated heterocycles. The SMILES string of the molecule is CN=C(NCCc1ccc(C)cc1C)NC1CC1C. The number of aliphatic imine (C=N–C) groups is 1. The molecular formula is C16H25N3. The first-order chi connectivity index (χ1) is 9.10. The molecule has 0 heterocycles. The van der Waals surface area contributed by atoms with Crippen molar-refractivity contribution in [3.63, 3.8) is 0 Å². The van der Waals surface area contributed by atoms with Crippen LogP contribution in [0.25, 0.3) is 0 Å². The molecule has 0 spiro atoms. The molecule has 1 aliphatic carbocycles. The van der Waals surface area contributed by atoms with Crippen molar-refractivity contribution < 1.29 is 0 Å². The van der Waals surface area contributed by atoms with Gasteiger partial charge in [0.1, 0.15) is 0 Å². The van der Waals surface area contributed by atoms with Gasteiger partial charge in [-0.3, -0.25) is 4.99 Å². The molecule has 2 atom stereocenters. The van der Waals surface area contributed by atoms with Crippen LogP contribution in [-0.2, 0) is 6.42 Å². The molecule has 2 unspecified atom stereocenters. The highest BCUT2D eigenvalue weighted by Gasteiger charge is 2.33. The van der Waals surface area contributed by atoms with Gasteiger partial charge in [-0.15, -0.1) is 0 Å². The van der Waals surface area contributed by atoms with Gasteiger partial charge in [-0.1, -0.05) is 30.7 Å². The Morgan fingerprint density at radius 3 is 2.68 bits per heavy atom. The number of benzene rings is 1. The van der Waals surface area contributed by atoms with Crippen molar-refractivity contribution in [3.05, 3.63) is 34.9 Å². The zero-order chi connectivity index (χ0) is 13.8. The lowest BCUT2D eigenvalue weighted by Crippen LogP contribution is -2.40. The van der Waals surface area contributed by atoms with E-state index in [0.717, 1.165) is 24.8 Å². The first kappa shape index (κ1) is 13.9. The Morgan fingerprint density at radius 1 is 1.37 bits per heavy atom. The van der Waals surface area contributed by atoms with Crippen LogP contribution in [0.3, 0.4) is 0 Å². The van der Waals surface area contributed by atoms with E-state index in [0.29, 0.717) is 6.04 Å². The molecular weight excluding hydrogens is 234 g/mol. The van der Waals surface area contributed by atoms with Gasteiger partial charge in [-0.05, 0) is 43.7 Å². The first-order valence-electron chi connectivity index (χ1n) is 7.13. The average molecular weight is 259 g/mol. The predicted octanol–water partition coefficient (Wildman–Crippen LogP) is 2.42. The number of hydrogen-bond donors (Lipinski definition) is 2. The van der Waals surface area contributed by atoms with Gasteiger partial charge in [-0.25, -0.2) is 0 Å². The number of hydrogen-bond acceptors (Lipinski definition) is 1. The second-order valence-electron chi connectivity index (χ2n) is 5.64. The normalized spacial score (nSPS) is 22.2. The van der Waals surface area contributed by atoms with Gasteiger partial charge in [0, 0.05) is 19.6 Å². The first-order valence-corrected chi connectivity index (χ1v) is 7.13. The van der Waals surface area contributed by atoms with Crippen molar-refractivity contribution in [3.8, 4) is 0 Å². The lowest BCUT2D eigenvalue weighted by atomic mass is 10.0. The van der Waals surface area contributed by atoms with E-state index in [1.54, 1.807) is 0 Å². The van der Waals surface area contributed by atoms with E-state index in [-0.39, 0.29) is 0 Å². The van der Waals surface area contributed by atoms with Crippen LogP contribution in [0.2, 0.25) is 0 Å². The highest BCUT2D eigenvalue weighted by atomic mass is 15.2. The van der Waals surface area contributed by atoms with E-state index in [9.17, 15) is 0 Å². The van der Waals surface area contributed by atoms with Crippen LogP contribution in [0.1, 0.15) is 30.0 Å². The molecule has 1 aromatic rings. The van der Waals surface area contributed by atoms with Crippen molar-refractivity contribution in [2.75, 3.05) is 13.6 Å². The molecule has 0 aromatic heterocycles. The standard InChI is InChI=1S/C16H25N3/c1-11-5-6-14(12(2)9-11)7-8-18-16(17-4)19-15-10-13(15)3/h5-6,9,13,15H,7-8,10H2,1-4H3,(H2,17,18,19). The summed E-state index contributed by atoms with van der Waals surface area (Å²) < 4.78 is 0. The number of nitrogens with zero attached hydrogens (tertiary/aromatic N) is 1. The van der Waals surface area contributed by atoms with E-state index in [4.69, 9.17) is 0 Å². The molecule has 2 N–H and O–H groups in total. The third kappa shape index (κ3) is 3.98.